The number of pyridine rings is 1. The number of nitrogens with one attached hydrogen (secondary N) is 2. The molecule has 2 aromatic heterocycles. The van der Waals surface area contributed by atoms with Crippen LogP contribution in [0, 0.1) is 13.8 Å². The first kappa shape index (κ1) is 23.2. The molecule has 0 radical (unpaired) electrons. The van der Waals surface area contributed by atoms with Crippen LogP contribution in [0.25, 0.3) is 5.82 Å². The van der Waals surface area contributed by atoms with Gasteiger partial charge in [0.25, 0.3) is 0 Å². The van der Waals surface area contributed by atoms with E-state index in [1.807, 2.05) is 39.0 Å². The molecule has 0 atom stereocenters. The number of nitrogens with zero attached hydrogens (tertiary/aromatic N) is 4. The molecule has 27 heavy (non-hydrogen) atoms. The van der Waals surface area contributed by atoms with Crippen molar-refractivity contribution >= 4 is 29.9 Å². The Labute approximate surface area is 173 Å². The predicted molar refractivity (Wildman–Crippen MR) is 110 cm³/mol. The summed E-state index contributed by atoms with van der Waals surface area (Å²) in [6.45, 7) is 6.38. The number of rotatable bonds is 6. The van der Waals surface area contributed by atoms with Crippen molar-refractivity contribution < 1.29 is 13.2 Å². The fourth-order valence-electron chi connectivity index (χ4n) is 2.33. The van der Waals surface area contributed by atoms with Gasteiger partial charge in [0.2, 0.25) is 0 Å². The van der Waals surface area contributed by atoms with Gasteiger partial charge in [-0.05, 0) is 38.5 Å². The van der Waals surface area contributed by atoms with Gasteiger partial charge in [-0.3, -0.25) is 0 Å². The summed E-state index contributed by atoms with van der Waals surface area (Å²) < 4.78 is 38.5. The molecule has 2 aromatic rings. The molecule has 6 nitrogen and oxygen atoms in total. The summed E-state index contributed by atoms with van der Waals surface area (Å²) in [5.74, 6) is 1.05. The molecule has 0 amide bonds. The van der Waals surface area contributed by atoms with E-state index in [-0.39, 0.29) is 30.5 Å². The quantitative estimate of drug-likeness (QED) is 0.365. The Hall–Kier alpha value is -1.85. The van der Waals surface area contributed by atoms with E-state index in [2.05, 4.69) is 25.7 Å². The minimum Gasteiger partial charge on any atom is -0.357 e. The second-order valence-electron chi connectivity index (χ2n) is 5.85. The maximum absolute atomic E-state index is 12.2. The Balaban J connectivity index is 0.00000364. The third-order valence-electron chi connectivity index (χ3n) is 3.50. The maximum atomic E-state index is 12.2. The maximum Gasteiger partial charge on any atom is 0.390 e. The number of hydrogen-bond acceptors (Lipinski definition) is 3. The summed E-state index contributed by atoms with van der Waals surface area (Å²) in [7, 11) is 0. The first-order valence-corrected chi connectivity index (χ1v) is 8.36. The lowest BCUT2D eigenvalue weighted by atomic mass is 10.3. The van der Waals surface area contributed by atoms with E-state index in [9.17, 15) is 13.2 Å². The van der Waals surface area contributed by atoms with Gasteiger partial charge < -0.3 is 10.6 Å². The van der Waals surface area contributed by atoms with E-state index >= 15 is 0 Å². The lowest BCUT2D eigenvalue weighted by Crippen LogP contribution is -2.38. The van der Waals surface area contributed by atoms with Gasteiger partial charge in [-0.25, -0.2) is 14.7 Å². The topological polar surface area (TPSA) is 67.1 Å². The molecule has 2 N–H and O–H groups in total. The summed E-state index contributed by atoms with van der Waals surface area (Å²) in [5, 5.41) is 9.98. The molecule has 0 aromatic carbocycles. The van der Waals surface area contributed by atoms with Crippen molar-refractivity contribution in [2.24, 2.45) is 4.99 Å². The van der Waals surface area contributed by atoms with E-state index in [1.165, 1.54) is 0 Å². The third-order valence-corrected chi connectivity index (χ3v) is 3.50. The first-order valence-electron chi connectivity index (χ1n) is 8.36. The Bertz CT molecular complexity index is 740. The Morgan fingerprint density at radius 1 is 1.22 bits per heavy atom. The van der Waals surface area contributed by atoms with Gasteiger partial charge in [0.05, 0.1) is 18.7 Å². The zero-order chi connectivity index (χ0) is 19.2. The van der Waals surface area contributed by atoms with E-state index in [1.54, 1.807) is 10.9 Å². The van der Waals surface area contributed by atoms with Gasteiger partial charge in [-0.1, -0.05) is 6.07 Å². The fourth-order valence-corrected chi connectivity index (χ4v) is 2.33. The number of aryl methyl sites for hydroxylation is 2. The van der Waals surface area contributed by atoms with E-state index in [4.69, 9.17) is 0 Å². The highest BCUT2D eigenvalue weighted by atomic mass is 127. The normalized spacial score (nSPS) is 11.9. The summed E-state index contributed by atoms with van der Waals surface area (Å²) >= 11 is 0. The van der Waals surface area contributed by atoms with E-state index < -0.39 is 12.6 Å². The highest BCUT2D eigenvalue weighted by Crippen LogP contribution is 2.18. The van der Waals surface area contributed by atoms with Crippen LogP contribution >= 0.6 is 24.0 Å². The molecule has 0 spiro atoms. The van der Waals surface area contributed by atoms with Crippen molar-refractivity contribution in [2.75, 3.05) is 13.1 Å². The van der Waals surface area contributed by atoms with Crippen LogP contribution in [0.2, 0.25) is 0 Å². The minimum absolute atomic E-state index is 0. The van der Waals surface area contributed by atoms with Crippen LogP contribution in [0.5, 0.6) is 0 Å². The van der Waals surface area contributed by atoms with Crippen molar-refractivity contribution in [1.82, 2.24) is 25.4 Å². The van der Waals surface area contributed by atoms with Crippen LogP contribution < -0.4 is 10.6 Å². The summed E-state index contributed by atoms with van der Waals surface area (Å²) in [6, 6.07) is 5.69. The molecule has 2 rings (SSSR count). The number of hydrogen-bond donors (Lipinski definition) is 2. The van der Waals surface area contributed by atoms with Crippen LogP contribution in [0.4, 0.5) is 13.2 Å². The molecule has 0 saturated heterocycles. The number of halogens is 4. The van der Waals surface area contributed by atoms with Gasteiger partial charge in [0.15, 0.2) is 11.8 Å². The van der Waals surface area contributed by atoms with Crippen LogP contribution in [0.3, 0.4) is 0 Å². The Morgan fingerprint density at radius 2 is 1.96 bits per heavy atom. The molecular weight excluding hydrogens is 472 g/mol. The molecule has 0 bridgehead atoms. The summed E-state index contributed by atoms with van der Waals surface area (Å²) in [6.07, 6.45) is -3.40. The van der Waals surface area contributed by atoms with Gasteiger partial charge in [-0.15, -0.1) is 24.0 Å². The summed E-state index contributed by atoms with van der Waals surface area (Å²) in [5.41, 5.74) is 2.76. The molecule has 150 valence electrons. The SMILES string of the molecule is CCNC(=NCc1ccc(-n2nc(C)cc2C)nc1)NCCC(F)(F)F.I. The average Bonchev–Trinajstić information content (AvgIpc) is 2.90. The van der Waals surface area contributed by atoms with Crippen molar-refractivity contribution in [3.05, 3.63) is 41.3 Å². The van der Waals surface area contributed by atoms with E-state index in [0.29, 0.717) is 24.9 Å². The van der Waals surface area contributed by atoms with E-state index in [0.717, 1.165) is 17.0 Å². The van der Waals surface area contributed by atoms with Gasteiger partial charge in [0, 0.05) is 25.0 Å². The average molecular weight is 496 g/mol. The fraction of sp³-hybridized carbons (Fsp3) is 0.471. The third kappa shape index (κ3) is 7.73. The highest BCUT2D eigenvalue weighted by molar-refractivity contribution is 14.0. The molecule has 0 unspecified atom stereocenters. The smallest absolute Gasteiger partial charge is 0.357 e. The lowest BCUT2D eigenvalue weighted by Gasteiger charge is -2.12. The molecular formula is C17H24F3IN6. The second kappa shape index (κ2) is 10.5. The van der Waals surface area contributed by atoms with Gasteiger partial charge in [0.1, 0.15) is 0 Å². The molecule has 0 aliphatic heterocycles. The van der Waals surface area contributed by atoms with Crippen molar-refractivity contribution in [3.63, 3.8) is 0 Å². The van der Waals surface area contributed by atoms with Gasteiger partial charge >= 0.3 is 6.18 Å². The molecule has 0 saturated carbocycles. The zero-order valence-electron chi connectivity index (χ0n) is 15.5. The molecule has 2 heterocycles. The lowest BCUT2D eigenvalue weighted by molar-refractivity contribution is -0.132. The molecule has 0 fully saturated rings. The molecule has 0 aliphatic carbocycles. The number of aliphatic imine (C=N–C) groups is 1. The minimum atomic E-state index is -4.19. The summed E-state index contributed by atoms with van der Waals surface area (Å²) in [4.78, 5) is 8.68. The van der Waals surface area contributed by atoms with Crippen molar-refractivity contribution in [2.45, 2.75) is 39.9 Å². The second-order valence-corrected chi connectivity index (χ2v) is 5.85. The molecule has 10 heteroatoms. The van der Waals surface area contributed by atoms with Crippen LogP contribution in [0.15, 0.2) is 29.4 Å². The monoisotopic (exact) mass is 496 g/mol. The standard InChI is InChI=1S/C17H23F3N6.HI/c1-4-21-16(22-8-7-17(18,19)20)24-11-14-5-6-15(23-10-14)26-13(3)9-12(2)25-26;/h5-6,9-10H,4,7-8,11H2,1-3H3,(H2,21,22,24);1H. The highest BCUT2D eigenvalue weighted by Gasteiger charge is 2.26. The van der Waals surface area contributed by atoms with Crippen LogP contribution in [-0.2, 0) is 6.54 Å². The van der Waals surface area contributed by atoms with Crippen molar-refractivity contribution in [1.29, 1.82) is 0 Å². The van der Waals surface area contributed by atoms with Crippen LogP contribution in [-0.4, -0.2) is 40.0 Å². The number of alkyl halides is 3. The van der Waals surface area contributed by atoms with Gasteiger partial charge in [-0.2, -0.15) is 18.3 Å². The number of guanidine groups is 1. The van der Waals surface area contributed by atoms with Crippen LogP contribution in [0.1, 0.15) is 30.3 Å². The Kier molecular flexibility index (Phi) is 9.00. The largest absolute Gasteiger partial charge is 0.390 e. The number of aromatic nitrogens is 3. The zero-order valence-corrected chi connectivity index (χ0v) is 17.8. The first-order chi connectivity index (χ1) is 12.3. The predicted octanol–water partition coefficient (Wildman–Crippen LogP) is 3.51. The Morgan fingerprint density at radius 3 is 2.48 bits per heavy atom. The molecule has 0 aliphatic rings. The van der Waals surface area contributed by atoms with Crippen molar-refractivity contribution in [3.8, 4) is 5.82 Å².